The summed E-state index contributed by atoms with van der Waals surface area (Å²) < 4.78 is 45.5. The molecule has 0 radical (unpaired) electrons. The lowest BCUT2D eigenvalue weighted by Gasteiger charge is -2.27. The molecule has 3 atom stereocenters. The standard InChI is InChI=1S/C28H18F3NO5/c1-14-6-2-3-7-17(14)22-20-21(27(37-22)23(33)18-8-4-5-9-19(18)24(27)34)26(36)32(25(20)35)16-12-10-15(11-13-16)28(29,30)31/h2-13,20-22H,1H3. The Kier molecular flexibility index (Phi) is 4.84. The van der Waals surface area contributed by atoms with Gasteiger partial charge in [0.05, 0.1) is 29.2 Å². The molecule has 37 heavy (non-hydrogen) atoms. The Morgan fingerprint density at radius 3 is 1.92 bits per heavy atom. The van der Waals surface area contributed by atoms with Crippen molar-refractivity contribution in [3.8, 4) is 0 Å². The van der Waals surface area contributed by atoms with Gasteiger partial charge in [-0.05, 0) is 42.3 Å². The molecule has 0 saturated carbocycles. The van der Waals surface area contributed by atoms with Gasteiger partial charge in [0.2, 0.25) is 29.0 Å². The molecule has 3 aliphatic rings. The molecule has 0 N–H and O–H groups in total. The van der Waals surface area contributed by atoms with Crippen LogP contribution in [0.5, 0.6) is 0 Å². The minimum Gasteiger partial charge on any atom is -0.349 e. The van der Waals surface area contributed by atoms with Gasteiger partial charge in [0.25, 0.3) is 0 Å². The number of ketones is 2. The van der Waals surface area contributed by atoms with Crippen LogP contribution in [0, 0.1) is 18.8 Å². The zero-order valence-electron chi connectivity index (χ0n) is 19.3. The van der Waals surface area contributed by atoms with E-state index in [0.717, 1.165) is 34.7 Å². The maximum Gasteiger partial charge on any atom is 0.416 e. The summed E-state index contributed by atoms with van der Waals surface area (Å²) in [6, 6.07) is 16.7. The molecule has 3 aromatic carbocycles. The maximum absolute atomic E-state index is 13.8. The van der Waals surface area contributed by atoms with Gasteiger partial charge in [0.15, 0.2) is 0 Å². The van der Waals surface area contributed by atoms with Gasteiger partial charge in [-0.3, -0.25) is 19.2 Å². The lowest BCUT2D eigenvalue weighted by molar-refractivity contribution is -0.137. The van der Waals surface area contributed by atoms with E-state index in [1.165, 1.54) is 12.1 Å². The highest BCUT2D eigenvalue weighted by atomic mass is 19.4. The van der Waals surface area contributed by atoms with Crippen molar-refractivity contribution in [3.63, 3.8) is 0 Å². The Bertz CT molecular complexity index is 1480. The number of benzene rings is 3. The van der Waals surface area contributed by atoms with Crippen molar-refractivity contribution >= 4 is 29.1 Å². The zero-order chi connectivity index (χ0) is 26.3. The minimum atomic E-state index is -4.60. The number of imide groups is 1. The molecule has 186 valence electrons. The third-order valence-electron chi connectivity index (χ3n) is 7.47. The predicted octanol–water partition coefficient (Wildman–Crippen LogP) is 4.71. The molecule has 3 aromatic rings. The molecule has 1 spiro atoms. The average molecular weight is 505 g/mol. The van der Waals surface area contributed by atoms with Crippen LogP contribution in [0.25, 0.3) is 0 Å². The van der Waals surface area contributed by atoms with Crippen molar-refractivity contribution in [3.05, 3.63) is 101 Å². The van der Waals surface area contributed by atoms with E-state index in [2.05, 4.69) is 0 Å². The molecule has 2 saturated heterocycles. The van der Waals surface area contributed by atoms with Crippen LogP contribution in [0.4, 0.5) is 18.9 Å². The molecule has 6 rings (SSSR count). The smallest absolute Gasteiger partial charge is 0.349 e. The number of fused-ring (bicyclic) bond motifs is 3. The first kappa shape index (κ1) is 23.3. The van der Waals surface area contributed by atoms with Crippen LogP contribution in [0.3, 0.4) is 0 Å². The highest BCUT2D eigenvalue weighted by Gasteiger charge is 2.74. The summed E-state index contributed by atoms with van der Waals surface area (Å²) in [7, 11) is 0. The third kappa shape index (κ3) is 3.03. The van der Waals surface area contributed by atoms with Gasteiger partial charge in [-0.1, -0.05) is 48.5 Å². The monoisotopic (exact) mass is 505 g/mol. The number of carbonyl (C=O) groups is 4. The number of Topliss-reactive ketones (excluding diaryl/α,β-unsaturated/α-hetero) is 2. The van der Waals surface area contributed by atoms with Crippen molar-refractivity contribution in [2.75, 3.05) is 4.90 Å². The number of carbonyl (C=O) groups excluding carboxylic acids is 4. The molecular formula is C28H18F3NO5. The van der Waals surface area contributed by atoms with Crippen LogP contribution < -0.4 is 4.90 Å². The first-order valence-electron chi connectivity index (χ1n) is 11.5. The van der Waals surface area contributed by atoms with Crippen LogP contribution >= 0.6 is 0 Å². The SMILES string of the molecule is Cc1ccccc1C1OC2(C(=O)c3ccccc3C2=O)C2C(=O)N(c3ccc(C(F)(F)F)cc3)C(=O)C12. The average Bonchev–Trinajstić information content (AvgIpc) is 3.44. The number of rotatable bonds is 2. The van der Waals surface area contributed by atoms with Crippen LogP contribution in [0.1, 0.15) is 43.5 Å². The topological polar surface area (TPSA) is 80.8 Å². The molecule has 2 heterocycles. The van der Waals surface area contributed by atoms with Gasteiger partial charge in [-0.15, -0.1) is 0 Å². The summed E-state index contributed by atoms with van der Waals surface area (Å²) in [4.78, 5) is 55.9. The molecule has 2 fully saturated rings. The number of anilines is 1. The van der Waals surface area contributed by atoms with Gasteiger partial charge in [0.1, 0.15) is 0 Å². The van der Waals surface area contributed by atoms with Crippen LogP contribution in [-0.2, 0) is 20.5 Å². The molecule has 6 nitrogen and oxygen atoms in total. The van der Waals surface area contributed by atoms with E-state index in [1.54, 1.807) is 43.3 Å². The maximum atomic E-state index is 13.8. The minimum absolute atomic E-state index is 0.0773. The quantitative estimate of drug-likeness (QED) is 0.372. The molecule has 1 aliphatic carbocycles. The van der Waals surface area contributed by atoms with Gasteiger partial charge < -0.3 is 4.74 Å². The Hall–Kier alpha value is -4.11. The van der Waals surface area contributed by atoms with E-state index in [4.69, 9.17) is 4.74 Å². The molecule has 2 aliphatic heterocycles. The third-order valence-corrected chi connectivity index (χ3v) is 7.47. The van der Waals surface area contributed by atoms with E-state index < -0.39 is 58.7 Å². The predicted molar refractivity (Wildman–Crippen MR) is 124 cm³/mol. The molecule has 0 bridgehead atoms. The Morgan fingerprint density at radius 1 is 0.784 bits per heavy atom. The van der Waals surface area contributed by atoms with Crippen molar-refractivity contribution in [1.29, 1.82) is 0 Å². The van der Waals surface area contributed by atoms with Crippen molar-refractivity contribution < 1.29 is 37.1 Å². The van der Waals surface area contributed by atoms with Crippen molar-refractivity contribution in [2.24, 2.45) is 11.8 Å². The zero-order valence-corrected chi connectivity index (χ0v) is 19.3. The van der Waals surface area contributed by atoms with E-state index in [1.807, 2.05) is 0 Å². The largest absolute Gasteiger partial charge is 0.416 e. The van der Waals surface area contributed by atoms with Gasteiger partial charge >= 0.3 is 6.18 Å². The first-order chi connectivity index (χ1) is 17.6. The normalized spacial score (nSPS) is 24.2. The summed E-state index contributed by atoms with van der Waals surface area (Å²) in [6.07, 6.45) is -5.69. The Balaban J connectivity index is 1.51. The number of nitrogens with zero attached hydrogens (tertiary/aromatic N) is 1. The lowest BCUT2D eigenvalue weighted by atomic mass is 9.77. The first-order valence-corrected chi connectivity index (χ1v) is 11.5. The number of halogens is 3. The molecule has 0 aromatic heterocycles. The lowest BCUT2D eigenvalue weighted by Crippen LogP contribution is -2.51. The molecule has 2 amide bonds. The fourth-order valence-electron chi connectivity index (χ4n) is 5.76. The summed E-state index contributed by atoms with van der Waals surface area (Å²) in [6.45, 7) is 1.78. The fourth-order valence-corrected chi connectivity index (χ4v) is 5.76. The summed E-state index contributed by atoms with van der Waals surface area (Å²) in [5.41, 5.74) is -1.78. The van der Waals surface area contributed by atoms with Gasteiger partial charge in [0, 0.05) is 11.1 Å². The number of alkyl halides is 3. The second-order valence-corrected chi connectivity index (χ2v) is 9.39. The Morgan fingerprint density at radius 2 is 1.35 bits per heavy atom. The fraction of sp³-hybridized carbons (Fsp3) is 0.214. The van der Waals surface area contributed by atoms with E-state index in [9.17, 15) is 32.3 Å². The molecule has 3 unspecified atom stereocenters. The Labute approximate surface area is 208 Å². The van der Waals surface area contributed by atoms with Crippen LogP contribution in [0.15, 0.2) is 72.8 Å². The summed E-state index contributed by atoms with van der Waals surface area (Å²) in [5, 5.41) is 0. The second kappa shape index (κ2) is 7.69. The van der Waals surface area contributed by atoms with Gasteiger partial charge in [-0.2, -0.15) is 13.2 Å². The van der Waals surface area contributed by atoms with Crippen LogP contribution in [-0.4, -0.2) is 29.0 Å². The van der Waals surface area contributed by atoms with Crippen LogP contribution in [0.2, 0.25) is 0 Å². The summed E-state index contributed by atoms with van der Waals surface area (Å²) in [5.74, 6) is -5.70. The van der Waals surface area contributed by atoms with Crippen molar-refractivity contribution in [2.45, 2.75) is 24.8 Å². The number of aryl methyl sites for hydroxylation is 1. The van der Waals surface area contributed by atoms with E-state index >= 15 is 0 Å². The number of ether oxygens (including phenoxy) is 1. The van der Waals surface area contributed by atoms with Gasteiger partial charge in [-0.25, -0.2) is 4.90 Å². The van der Waals surface area contributed by atoms with Crippen molar-refractivity contribution in [1.82, 2.24) is 0 Å². The summed E-state index contributed by atoms with van der Waals surface area (Å²) >= 11 is 0. The number of hydrogen-bond donors (Lipinski definition) is 0. The number of amides is 2. The second-order valence-electron chi connectivity index (χ2n) is 9.39. The highest BCUT2D eigenvalue weighted by molar-refractivity contribution is 6.37. The molecule has 9 heteroatoms. The van der Waals surface area contributed by atoms with E-state index in [0.29, 0.717) is 5.56 Å². The highest BCUT2D eigenvalue weighted by Crippen LogP contribution is 2.58. The van der Waals surface area contributed by atoms with E-state index in [-0.39, 0.29) is 16.8 Å². The number of hydrogen-bond acceptors (Lipinski definition) is 5. The molecular weight excluding hydrogens is 487 g/mol.